The summed E-state index contributed by atoms with van der Waals surface area (Å²) in [5, 5.41) is 9.42. The maximum absolute atomic E-state index is 11.5. The fourth-order valence-corrected chi connectivity index (χ4v) is 2.19. The lowest BCUT2D eigenvalue weighted by atomic mass is 10.0. The maximum atomic E-state index is 11.5. The van der Waals surface area contributed by atoms with Crippen molar-refractivity contribution in [2.45, 2.75) is 26.4 Å². The molecule has 116 valence electrons. The quantitative estimate of drug-likeness (QED) is 0.888. The van der Waals surface area contributed by atoms with Crippen LogP contribution in [0.4, 0.5) is 0 Å². The van der Waals surface area contributed by atoms with Crippen LogP contribution in [0.1, 0.15) is 16.7 Å². The summed E-state index contributed by atoms with van der Waals surface area (Å²) >= 11 is 0. The van der Waals surface area contributed by atoms with Crippen LogP contribution in [-0.4, -0.2) is 24.3 Å². The number of hydrogen-bond donors (Lipinski definition) is 1. The van der Waals surface area contributed by atoms with E-state index in [1.165, 1.54) is 12.7 Å². The Kier molecular flexibility index (Phi) is 5.04. The van der Waals surface area contributed by atoms with Gasteiger partial charge in [0.25, 0.3) is 0 Å². The first-order valence-corrected chi connectivity index (χ1v) is 7.10. The SMILES string of the molecule is COc1ccccc1OC(Cc1ccc(C)c(C)c1)C(=O)O. The van der Waals surface area contributed by atoms with E-state index in [-0.39, 0.29) is 0 Å². The highest BCUT2D eigenvalue weighted by Crippen LogP contribution is 2.27. The molecule has 0 saturated heterocycles. The zero-order valence-corrected chi connectivity index (χ0v) is 13.0. The van der Waals surface area contributed by atoms with E-state index < -0.39 is 12.1 Å². The molecular formula is C18H20O4. The third-order valence-corrected chi connectivity index (χ3v) is 3.61. The second kappa shape index (κ2) is 6.98. The van der Waals surface area contributed by atoms with E-state index in [1.807, 2.05) is 38.1 Å². The Morgan fingerprint density at radius 1 is 1.09 bits per heavy atom. The average molecular weight is 300 g/mol. The number of para-hydroxylation sites is 2. The van der Waals surface area contributed by atoms with Crippen LogP contribution in [-0.2, 0) is 11.2 Å². The van der Waals surface area contributed by atoms with Gasteiger partial charge >= 0.3 is 5.97 Å². The molecule has 0 spiro atoms. The summed E-state index contributed by atoms with van der Waals surface area (Å²) < 4.78 is 10.8. The minimum absolute atomic E-state index is 0.300. The van der Waals surface area contributed by atoms with Gasteiger partial charge in [0.1, 0.15) is 0 Å². The molecule has 0 aromatic heterocycles. The van der Waals surface area contributed by atoms with Crippen molar-refractivity contribution in [2.75, 3.05) is 7.11 Å². The number of carboxylic acids is 1. The van der Waals surface area contributed by atoms with Crippen molar-refractivity contribution in [1.29, 1.82) is 0 Å². The number of aryl methyl sites for hydroxylation is 2. The summed E-state index contributed by atoms with van der Waals surface area (Å²) in [4.78, 5) is 11.5. The van der Waals surface area contributed by atoms with Crippen LogP contribution in [0.15, 0.2) is 42.5 Å². The third-order valence-electron chi connectivity index (χ3n) is 3.61. The number of carboxylic acid groups (broad SMARTS) is 1. The predicted molar refractivity (Wildman–Crippen MR) is 84.7 cm³/mol. The molecule has 0 fully saturated rings. The molecule has 4 nitrogen and oxygen atoms in total. The Bertz CT molecular complexity index is 664. The normalized spacial score (nSPS) is 11.8. The summed E-state index contributed by atoms with van der Waals surface area (Å²) in [5.74, 6) is -0.0424. The fraction of sp³-hybridized carbons (Fsp3) is 0.278. The van der Waals surface area contributed by atoms with Gasteiger partial charge in [-0.2, -0.15) is 0 Å². The number of methoxy groups -OCH3 is 1. The summed E-state index contributed by atoms with van der Waals surface area (Å²) in [5.41, 5.74) is 3.26. The molecule has 1 atom stereocenters. The van der Waals surface area contributed by atoms with Crippen LogP contribution in [0.5, 0.6) is 11.5 Å². The molecule has 1 N–H and O–H groups in total. The first kappa shape index (κ1) is 15.9. The van der Waals surface area contributed by atoms with Gasteiger partial charge in [0.2, 0.25) is 0 Å². The first-order chi connectivity index (χ1) is 10.5. The van der Waals surface area contributed by atoms with E-state index in [0.717, 1.165) is 11.1 Å². The number of benzene rings is 2. The van der Waals surface area contributed by atoms with E-state index >= 15 is 0 Å². The lowest BCUT2D eigenvalue weighted by Gasteiger charge is -2.17. The van der Waals surface area contributed by atoms with Gasteiger partial charge in [-0.3, -0.25) is 0 Å². The van der Waals surface area contributed by atoms with E-state index in [4.69, 9.17) is 9.47 Å². The van der Waals surface area contributed by atoms with Gasteiger partial charge in [-0.25, -0.2) is 4.79 Å². The van der Waals surface area contributed by atoms with Gasteiger partial charge in [-0.15, -0.1) is 0 Å². The topological polar surface area (TPSA) is 55.8 Å². The second-order valence-corrected chi connectivity index (χ2v) is 5.22. The Hall–Kier alpha value is -2.49. The molecule has 0 aliphatic carbocycles. The van der Waals surface area contributed by atoms with Crippen LogP contribution < -0.4 is 9.47 Å². The van der Waals surface area contributed by atoms with Gasteiger partial charge in [0, 0.05) is 6.42 Å². The zero-order valence-electron chi connectivity index (χ0n) is 13.0. The van der Waals surface area contributed by atoms with Crippen molar-refractivity contribution < 1.29 is 19.4 Å². The highest BCUT2D eigenvalue weighted by Gasteiger charge is 2.21. The number of ether oxygens (including phenoxy) is 2. The van der Waals surface area contributed by atoms with Crippen molar-refractivity contribution >= 4 is 5.97 Å². The summed E-state index contributed by atoms with van der Waals surface area (Å²) in [6.45, 7) is 4.04. The number of aliphatic carboxylic acids is 1. The average Bonchev–Trinajstić information content (AvgIpc) is 2.50. The molecule has 1 unspecified atom stereocenters. The molecule has 2 aromatic rings. The second-order valence-electron chi connectivity index (χ2n) is 5.22. The molecule has 0 saturated carbocycles. The standard InChI is InChI=1S/C18H20O4/c1-12-8-9-14(10-13(12)2)11-17(18(19)20)22-16-7-5-4-6-15(16)21-3/h4-10,17H,11H2,1-3H3,(H,19,20). The van der Waals surface area contributed by atoms with E-state index in [0.29, 0.717) is 17.9 Å². The van der Waals surface area contributed by atoms with Crippen molar-refractivity contribution in [2.24, 2.45) is 0 Å². The van der Waals surface area contributed by atoms with Crippen molar-refractivity contribution in [3.8, 4) is 11.5 Å². The molecule has 0 aliphatic heterocycles. The molecular weight excluding hydrogens is 280 g/mol. The van der Waals surface area contributed by atoms with E-state index in [1.54, 1.807) is 18.2 Å². The summed E-state index contributed by atoms with van der Waals surface area (Å²) in [6.07, 6.45) is -0.660. The van der Waals surface area contributed by atoms with Crippen molar-refractivity contribution in [1.82, 2.24) is 0 Å². The minimum atomic E-state index is -0.996. The highest BCUT2D eigenvalue weighted by atomic mass is 16.5. The van der Waals surface area contributed by atoms with E-state index in [2.05, 4.69) is 0 Å². The Morgan fingerprint density at radius 2 is 1.77 bits per heavy atom. The minimum Gasteiger partial charge on any atom is -0.493 e. The van der Waals surface area contributed by atoms with Crippen LogP contribution >= 0.6 is 0 Å². The van der Waals surface area contributed by atoms with Gasteiger partial charge in [0.15, 0.2) is 17.6 Å². The van der Waals surface area contributed by atoms with Gasteiger partial charge in [-0.05, 0) is 42.7 Å². The Labute approximate surface area is 130 Å². The van der Waals surface area contributed by atoms with Crippen LogP contribution in [0.2, 0.25) is 0 Å². The highest BCUT2D eigenvalue weighted by molar-refractivity contribution is 5.73. The number of carbonyl (C=O) groups is 1. The zero-order chi connectivity index (χ0) is 16.1. The molecule has 4 heteroatoms. The molecule has 2 rings (SSSR count). The van der Waals surface area contributed by atoms with Gasteiger partial charge in [-0.1, -0.05) is 30.3 Å². The predicted octanol–water partition coefficient (Wildman–Crippen LogP) is 3.39. The van der Waals surface area contributed by atoms with Gasteiger partial charge < -0.3 is 14.6 Å². The van der Waals surface area contributed by atoms with Crippen LogP contribution in [0.25, 0.3) is 0 Å². The van der Waals surface area contributed by atoms with Crippen LogP contribution in [0, 0.1) is 13.8 Å². The number of rotatable bonds is 6. The molecule has 0 amide bonds. The van der Waals surface area contributed by atoms with E-state index in [9.17, 15) is 9.90 Å². The smallest absolute Gasteiger partial charge is 0.345 e. The molecule has 0 heterocycles. The summed E-state index contributed by atoms with van der Waals surface area (Å²) in [6, 6.07) is 13.0. The maximum Gasteiger partial charge on any atom is 0.345 e. The lowest BCUT2D eigenvalue weighted by Crippen LogP contribution is -2.29. The fourth-order valence-electron chi connectivity index (χ4n) is 2.19. The molecule has 0 bridgehead atoms. The first-order valence-electron chi connectivity index (χ1n) is 7.10. The third kappa shape index (κ3) is 3.79. The molecule has 0 radical (unpaired) electrons. The van der Waals surface area contributed by atoms with Crippen molar-refractivity contribution in [3.63, 3.8) is 0 Å². The monoisotopic (exact) mass is 300 g/mol. The lowest BCUT2D eigenvalue weighted by molar-refractivity contribution is -0.145. The van der Waals surface area contributed by atoms with Crippen LogP contribution in [0.3, 0.4) is 0 Å². The summed E-state index contributed by atoms with van der Waals surface area (Å²) in [7, 11) is 1.53. The molecule has 0 aliphatic rings. The number of hydrogen-bond acceptors (Lipinski definition) is 3. The largest absolute Gasteiger partial charge is 0.493 e. The molecule has 22 heavy (non-hydrogen) atoms. The van der Waals surface area contributed by atoms with Crippen molar-refractivity contribution in [3.05, 3.63) is 59.2 Å². The van der Waals surface area contributed by atoms with Gasteiger partial charge in [0.05, 0.1) is 7.11 Å². The Balaban J connectivity index is 2.20. The Morgan fingerprint density at radius 3 is 2.36 bits per heavy atom. The molecule has 2 aromatic carbocycles.